The van der Waals surface area contributed by atoms with E-state index in [2.05, 4.69) is 4.74 Å². The van der Waals surface area contributed by atoms with E-state index < -0.39 is 12.0 Å². The van der Waals surface area contributed by atoms with Gasteiger partial charge in [-0.25, -0.2) is 4.79 Å². The second-order valence-electron chi connectivity index (χ2n) is 4.54. The maximum atomic E-state index is 12.1. The van der Waals surface area contributed by atoms with Crippen LogP contribution in [-0.2, 0) is 19.1 Å². The molecule has 1 N–H and O–H groups in total. The van der Waals surface area contributed by atoms with Crippen LogP contribution in [-0.4, -0.2) is 47.5 Å². The molecular formula is C12H19NO5. The topological polar surface area (TPSA) is 83.9 Å². The standard InChI is InChI=1S/C12H19NO5/c1-8(5-6-10(14)18-2)11(15)13-7-3-4-9(13)12(16)17/h8-9H,3-7H2,1-2H3,(H,16,17)/t8?,9-/m0/s1. The molecule has 1 aliphatic heterocycles. The number of carbonyl (C=O) groups excluding carboxylic acids is 2. The molecule has 0 aliphatic carbocycles. The largest absolute Gasteiger partial charge is 0.480 e. The van der Waals surface area contributed by atoms with Gasteiger partial charge in [0.2, 0.25) is 5.91 Å². The number of aliphatic carboxylic acids is 1. The van der Waals surface area contributed by atoms with Gasteiger partial charge in [-0.15, -0.1) is 0 Å². The molecule has 18 heavy (non-hydrogen) atoms. The first-order valence-electron chi connectivity index (χ1n) is 6.07. The molecule has 6 nitrogen and oxygen atoms in total. The molecule has 0 saturated carbocycles. The van der Waals surface area contributed by atoms with Gasteiger partial charge in [0.1, 0.15) is 6.04 Å². The van der Waals surface area contributed by atoms with Crippen molar-refractivity contribution in [2.45, 2.75) is 38.6 Å². The predicted molar refractivity (Wildman–Crippen MR) is 62.8 cm³/mol. The van der Waals surface area contributed by atoms with Gasteiger partial charge in [0.25, 0.3) is 0 Å². The van der Waals surface area contributed by atoms with Gasteiger partial charge in [0, 0.05) is 18.9 Å². The molecule has 0 spiro atoms. The van der Waals surface area contributed by atoms with Gasteiger partial charge < -0.3 is 14.7 Å². The van der Waals surface area contributed by atoms with Crippen molar-refractivity contribution in [3.8, 4) is 0 Å². The normalized spacial score (nSPS) is 20.6. The van der Waals surface area contributed by atoms with E-state index in [0.717, 1.165) is 0 Å². The Kier molecular flexibility index (Phi) is 5.12. The molecular weight excluding hydrogens is 238 g/mol. The van der Waals surface area contributed by atoms with Gasteiger partial charge in [-0.3, -0.25) is 9.59 Å². The first-order valence-corrected chi connectivity index (χ1v) is 6.07. The summed E-state index contributed by atoms with van der Waals surface area (Å²) >= 11 is 0. The molecule has 1 amide bonds. The fourth-order valence-corrected chi connectivity index (χ4v) is 2.13. The van der Waals surface area contributed by atoms with Gasteiger partial charge in [-0.2, -0.15) is 0 Å². The van der Waals surface area contributed by atoms with E-state index in [1.165, 1.54) is 12.0 Å². The van der Waals surface area contributed by atoms with Crippen LogP contribution in [0.15, 0.2) is 0 Å². The smallest absolute Gasteiger partial charge is 0.326 e. The lowest BCUT2D eigenvalue weighted by Crippen LogP contribution is -2.43. The number of nitrogens with zero attached hydrogens (tertiary/aromatic N) is 1. The van der Waals surface area contributed by atoms with E-state index in [-0.39, 0.29) is 24.2 Å². The minimum atomic E-state index is -0.957. The Morgan fingerprint density at radius 3 is 2.67 bits per heavy atom. The maximum absolute atomic E-state index is 12.1. The summed E-state index contributed by atoms with van der Waals surface area (Å²) in [6.07, 6.45) is 1.78. The summed E-state index contributed by atoms with van der Waals surface area (Å²) in [6, 6.07) is -0.710. The van der Waals surface area contributed by atoms with E-state index >= 15 is 0 Å². The average Bonchev–Trinajstić information content (AvgIpc) is 2.83. The summed E-state index contributed by atoms with van der Waals surface area (Å²) in [5.74, 6) is -1.86. The zero-order valence-electron chi connectivity index (χ0n) is 10.7. The van der Waals surface area contributed by atoms with Gasteiger partial charge >= 0.3 is 11.9 Å². The Hall–Kier alpha value is -1.59. The lowest BCUT2D eigenvalue weighted by atomic mass is 10.0. The summed E-state index contributed by atoms with van der Waals surface area (Å²) in [4.78, 5) is 35.5. The minimum absolute atomic E-state index is 0.176. The van der Waals surface area contributed by atoms with Crippen LogP contribution in [0.2, 0.25) is 0 Å². The molecule has 1 saturated heterocycles. The second kappa shape index (κ2) is 6.37. The van der Waals surface area contributed by atoms with Crippen LogP contribution in [0, 0.1) is 5.92 Å². The van der Waals surface area contributed by atoms with E-state index in [9.17, 15) is 14.4 Å². The van der Waals surface area contributed by atoms with Crippen LogP contribution in [0.4, 0.5) is 0 Å². The average molecular weight is 257 g/mol. The third kappa shape index (κ3) is 3.45. The number of ether oxygens (including phenoxy) is 1. The fraction of sp³-hybridized carbons (Fsp3) is 0.750. The molecule has 102 valence electrons. The van der Waals surface area contributed by atoms with Gasteiger partial charge in [0.15, 0.2) is 0 Å². The highest BCUT2D eigenvalue weighted by molar-refractivity contribution is 5.85. The summed E-state index contributed by atoms with van der Waals surface area (Å²) in [5.41, 5.74) is 0. The number of amides is 1. The molecule has 0 aromatic heterocycles. The van der Waals surface area contributed by atoms with Crippen molar-refractivity contribution in [3.63, 3.8) is 0 Å². The van der Waals surface area contributed by atoms with Gasteiger partial charge in [0.05, 0.1) is 7.11 Å². The van der Waals surface area contributed by atoms with Gasteiger partial charge in [-0.1, -0.05) is 6.92 Å². The summed E-state index contributed by atoms with van der Waals surface area (Å²) in [5, 5.41) is 9.00. The zero-order valence-corrected chi connectivity index (χ0v) is 10.7. The monoisotopic (exact) mass is 257 g/mol. The van der Waals surface area contributed by atoms with Crippen molar-refractivity contribution in [3.05, 3.63) is 0 Å². The van der Waals surface area contributed by atoms with Crippen LogP contribution in [0.5, 0.6) is 0 Å². The Morgan fingerprint density at radius 1 is 1.44 bits per heavy atom. The number of methoxy groups -OCH3 is 1. The summed E-state index contributed by atoms with van der Waals surface area (Å²) in [6.45, 7) is 2.20. The summed E-state index contributed by atoms with van der Waals surface area (Å²) in [7, 11) is 1.30. The fourth-order valence-electron chi connectivity index (χ4n) is 2.13. The maximum Gasteiger partial charge on any atom is 0.326 e. The molecule has 1 aliphatic rings. The Balaban J connectivity index is 2.52. The number of carboxylic acid groups (broad SMARTS) is 1. The van der Waals surface area contributed by atoms with Crippen molar-refractivity contribution >= 4 is 17.8 Å². The molecule has 1 fully saturated rings. The number of esters is 1. The zero-order chi connectivity index (χ0) is 13.7. The van der Waals surface area contributed by atoms with E-state index in [0.29, 0.717) is 25.8 Å². The number of rotatable bonds is 5. The van der Waals surface area contributed by atoms with Crippen LogP contribution in [0.25, 0.3) is 0 Å². The molecule has 1 rings (SSSR count). The van der Waals surface area contributed by atoms with Gasteiger partial charge in [-0.05, 0) is 19.3 Å². The third-order valence-corrected chi connectivity index (χ3v) is 3.25. The van der Waals surface area contributed by atoms with Crippen molar-refractivity contribution in [2.24, 2.45) is 5.92 Å². The third-order valence-electron chi connectivity index (χ3n) is 3.25. The van der Waals surface area contributed by atoms with Crippen molar-refractivity contribution < 1.29 is 24.2 Å². The highest BCUT2D eigenvalue weighted by Gasteiger charge is 2.35. The Labute approximate surface area is 106 Å². The molecule has 6 heteroatoms. The first kappa shape index (κ1) is 14.5. The number of hydrogen-bond acceptors (Lipinski definition) is 4. The van der Waals surface area contributed by atoms with Crippen LogP contribution < -0.4 is 0 Å². The SMILES string of the molecule is COC(=O)CCC(C)C(=O)N1CCC[C@H]1C(=O)O. The number of carboxylic acids is 1. The van der Waals surface area contributed by atoms with E-state index in [4.69, 9.17) is 5.11 Å². The van der Waals surface area contributed by atoms with Crippen LogP contribution >= 0.6 is 0 Å². The van der Waals surface area contributed by atoms with E-state index in [1.807, 2.05) is 0 Å². The van der Waals surface area contributed by atoms with Crippen molar-refractivity contribution in [2.75, 3.05) is 13.7 Å². The molecule has 2 atom stereocenters. The molecule has 0 radical (unpaired) electrons. The van der Waals surface area contributed by atoms with Crippen molar-refractivity contribution in [1.82, 2.24) is 4.90 Å². The first-order chi connectivity index (χ1) is 8.47. The highest BCUT2D eigenvalue weighted by Crippen LogP contribution is 2.21. The Morgan fingerprint density at radius 2 is 2.11 bits per heavy atom. The number of carbonyl (C=O) groups is 3. The lowest BCUT2D eigenvalue weighted by Gasteiger charge is -2.24. The second-order valence-corrected chi connectivity index (χ2v) is 4.54. The minimum Gasteiger partial charge on any atom is -0.480 e. The van der Waals surface area contributed by atoms with E-state index in [1.54, 1.807) is 6.92 Å². The van der Waals surface area contributed by atoms with Crippen LogP contribution in [0.3, 0.4) is 0 Å². The van der Waals surface area contributed by atoms with Crippen molar-refractivity contribution in [1.29, 1.82) is 0 Å². The molecule has 0 aromatic carbocycles. The molecule has 1 unspecified atom stereocenters. The number of hydrogen-bond donors (Lipinski definition) is 1. The lowest BCUT2D eigenvalue weighted by molar-refractivity contribution is -0.150. The molecule has 0 bridgehead atoms. The Bertz CT molecular complexity index is 341. The number of likely N-dealkylation sites (tertiary alicyclic amines) is 1. The van der Waals surface area contributed by atoms with Crippen LogP contribution in [0.1, 0.15) is 32.6 Å². The summed E-state index contributed by atoms with van der Waals surface area (Å²) < 4.78 is 4.51. The quantitative estimate of drug-likeness (QED) is 0.731. The predicted octanol–water partition coefficient (Wildman–Crippen LogP) is 0.651. The highest BCUT2D eigenvalue weighted by atomic mass is 16.5. The molecule has 1 heterocycles. The molecule has 0 aromatic rings.